The number of halogens is 1. The Morgan fingerprint density at radius 1 is 1.30 bits per heavy atom. The summed E-state index contributed by atoms with van der Waals surface area (Å²) in [5.74, 6) is -1.13. The van der Waals surface area contributed by atoms with E-state index in [0.29, 0.717) is 29.0 Å². The van der Waals surface area contributed by atoms with Gasteiger partial charge in [-0.3, -0.25) is 4.79 Å². The molecule has 7 nitrogen and oxygen atoms in total. The van der Waals surface area contributed by atoms with E-state index in [4.69, 9.17) is 9.72 Å². The van der Waals surface area contributed by atoms with Crippen LogP contribution in [0.2, 0.25) is 0 Å². The molecule has 0 unspecified atom stereocenters. The van der Waals surface area contributed by atoms with Crippen LogP contribution in [0.4, 0.5) is 4.39 Å². The lowest BCUT2D eigenvalue weighted by atomic mass is 9.97. The van der Waals surface area contributed by atoms with Crippen LogP contribution >= 0.6 is 0 Å². The maximum Gasteiger partial charge on any atom is 0.340 e. The molecule has 0 radical (unpaired) electrons. The molecule has 2 aromatic heterocycles. The Labute approximate surface area is 189 Å². The molecule has 0 fully saturated rings. The van der Waals surface area contributed by atoms with E-state index in [1.54, 1.807) is 23.6 Å². The van der Waals surface area contributed by atoms with Crippen molar-refractivity contribution in [2.45, 2.75) is 39.5 Å². The molecule has 0 spiro atoms. The van der Waals surface area contributed by atoms with Crippen molar-refractivity contribution >= 4 is 22.9 Å². The summed E-state index contributed by atoms with van der Waals surface area (Å²) in [5.41, 5.74) is 4.02. The van der Waals surface area contributed by atoms with Crippen molar-refractivity contribution < 1.29 is 19.0 Å². The third-order valence-electron chi connectivity index (χ3n) is 6.30. The molecule has 1 atom stereocenters. The topological polar surface area (TPSA) is 93.5 Å². The van der Waals surface area contributed by atoms with Gasteiger partial charge in [0.25, 0.3) is 5.56 Å². The van der Waals surface area contributed by atoms with Crippen molar-refractivity contribution in [1.82, 2.24) is 14.9 Å². The summed E-state index contributed by atoms with van der Waals surface area (Å²) < 4.78 is 20.9. The van der Waals surface area contributed by atoms with Gasteiger partial charge in [-0.2, -0.15) is 0 Å². The number of hydrogen-bond acceptors (Lipinski definition) is 6. The van der Waals surface area contributed by atoms with E-state index in [2.05, 4.69) is 11.4 Å². The Balaban J connectivity index is 1.72. The summed E-state index contributed by atoms with van der Waals surface area (Å²) in [5, 5.41) is 14.4. The van der Waals surface area contributed by atoms with Gasteiger partial charge >= 0.3 is 5.97 Å². The number of aliphatic hydroxyl groups is 1. The van der Waals surface area contributed by atoms with Gasteiger partial charge < -0.3 is 19.7 Å². The maximum atomic E-state index is 14.4. The number of benzene rings is 1. The molecular formula is C25H24FN3O4. The lowest BCUT2D eigenvalue weighted by molar-refractivity contribution is -0.157. The minimum atomic E-state index is -1.51. The van der Waals surface area contributed by atoms with E-state index in [0.717, 1.165) is 36.0 Å². The van der Waals surface area contributed by atoms with E-state index >= 15 is 0 Å². The smallest absolute Gasteiger partial charge is 0.340 e. The van der Waals surface area contributed by atoms with Gasteiger partial charge in [-0.15, -0.1) is 0 Å². The van der Waals surface area contributed by atoms with Crippen LogP contribution < -0.4 is 10.9 Å². The molecule has 0 saturated carbocycles. The molecule has 0 bridgehead atoms. The predicted octanol–water partition coefficient (Wildman–Crippen LogP) is 2.98. The van der Waals surface area contributed by atoms with E-state index < -0.39 is 12.1 Å². The van der Waals surface area contributed by atoms with Crippen LogP contribution in [0.5, 0.6) is 0 Å². The lowest BCUT2D eigenvalue weighted by Gasteiger charge is -2.21. The fourth-order valence-electron chi connectivity index (χ4n) is 4.54. The largest absolute Gasteiger partial charge is 0.458 e. The number of carbonyl (C=O) groups excluding carboxylic acids is 1. The highest BCUT2D eigenvalue weighted by molar-refractivity contribution is 5.94. The van der Waals surface area contributed by atoms with E-state index in [1.165, 1.54) is 6.07 Å². The molecule has 2 aliphatic rings. The number of rotatable bonds is 5. The van der Waals surface area contributed by atoms with Gasteiger partial charge in [0.1, 0.15) is 12.4 Å². The fourth-order valence-corrected chi connectivity index (χ4v) is 4.54. The lowest BCUT2D eigenvalue weighted by Crippen LogP contribution is -2.32. The Morgan fingerprint density at radius 3 is 2.91 bits per heavy atom. The monoisotopic (exact) mass is 449 g/mol. The van der Waals surface area contributed by atoms with Crippen molar-refractivity contribution in [3.8, 4) is 11.4 Å². The number of nitrogens with zero attached hydrogens (tertiary/aromatic N) is 2. The summed E-state index contributed by atoms with van der Waals surface area (Å²) in [7, 11) is 0. The summed E-state index contributed by atoms with van der Waals surface area (Å²) in [6, 6.07) is 4.83. The third kappa shape index (κ3) is 3.46. The highest BCUT2D eigenvalue weighted by Crippen LogP contribution is 2.38. The van der Waals surface area contributed by atoms with Gasteiger partial charge in [0.2, 0.25) is 0 Å². The van der Waals surface area contributed by atoms with E-state index in [9.17, 15) is 19.1 Å². The van der Waals surface area contributed by atoms with E-state index in [1.807, 2.05) is 13.0 Å². The van der Waals surface area contributed by atoms with Crippen LogP contribution in [0.3, 0.4) is 0 Å². The minimum absolute atomic E-state index is 0.169. The Bertz CT molecular complexity index is 1390. The first kappa shape index (κ1) is 21.5. The number of esters is 1. The second kappa shape index (κ2) is 8.20. The number of cyclic esters (lactones) is 1. The Morgan fingerprint density at radius 2 is 2.12 bits per heavy atom. The van der Waals surface area contributed by atoms with Crippen LogP contribution in [0, 0.1) is 12.7 Å². The molecular weight excluding hydrogens is 425 g/mol. The quantitative estimate of drug-likeness (QED) is 0.360. The number of carbonyl (C=O) groups is 1. The molecule has 2 aliphatic heterocycles. The highest BCUT2D eigenvalue weighted by Gasteiger charge is 2.34. The van der Waals surface area contributed by atoms with Crippen LogP contribution in [-0.4, -0.2) is 33.7 Å². The second-order valence-electron chi connectivity index (χ2n) is 8.38. The van der Waals surface area contributed by atoms with E-state index in [-0.39, 0.29) is 29.1 Å². The zero-order valence-corrected chi connectivity index (χ0v) is 18.4. The molecule has 8 heteroatoms. The van der Waals surface area contributed by atoms with Gasteiger partial charge in [0, 0.05) is 22.6 Å². The van der Waals surface area contributed by atoms with Gasteiger partial charge in [-0.1, -0.05) is 19.1 Å². The zero-order valence-electron chi connectivity index (χ0n) is 18.4. The summed E-state index contributed by atoms with van der Waals surface area (Å²) >= 11 is 0. The minimum Gasteiger partial charge on any atom is -0.458 e. The van der Waals surface area contributed by atoms with Crippen molar-refractivity contribution in [1.29, 1.82) is 0 Å². The molecule has 2 N–H and O–H groups in total. The predicted molar refractivity (Wildman–Crippen MR) is 122 cm³/mol. The first-order valence-corrected chi connectivity index (χ1v) is 11.0. The molecule has 4 heterocycles. The van der Waals surface area contributed by atoms with Gasteiger partial charge in [0.15, 0.2) is 6.10 Å². The number of aryl methyl sites for hydroxylation is 1. The number of nitrogens with one attached hydrogen (secondary N) is 1. The number of pyridine rings is 2. The fraction of sp³-hybridized carbons (Fsp3) is 0.320. The number of aromatic nitrogens is 2. The molecule has 3 aromatic rings. The average Bonchev–Trinajstić information content (AvgIpc) is 3.16. The highest BCUT2D eigenvalue weighted by atomic mass is 19.1. The number of hydrogen-bond donors (Lipinski definition) is 2. The van der Waals surface area contributed by atoms with Gasteiger partial charge in [-0.05, 0) is 49.7 Å². The average molecular weight is 449 g/mol. The zero-order chi connectivity index (χ0) is 23.3. The normalized spacial score (nSPS) is 16.7. The first-order valence-electron chi connectivity index (χ1n) is 11.0. The van der Waals surface area contributed by atoms with Crippen molar-refractivity contribution in [2.75, 3.05) is 13.1 Å². The Kier molecular flexibility index (Phi) is 5.34. The molecule has 0 saturated heterocycles. The number of fused-ring (bicyclic) bond motifs is 5. The van der Waals surface area contributed by atoms with Gasteiger partial charge in [-0.25, -0.2) is 14.2 Å². The number of aliphatic hydroxyl groups excluding tert-OH is 1. The molecule has 0 amide bonds. The number of ether oxygens (including phenoxy) is 1. The van der Waals surface area contributed by atoms with Crippen LogP contribution in [-0.2, 0) is 22.7 Å². The molecule has 170 valence electrons. The van der Waals surface area contributed by atoms with Gasteiger partial charge in [0.05, 0.1) is 29.0 Å². The maximum absolute atomic E-state index is 14.4. The standard InChI is InChI=1S/C25H24FN3O4/c1-3-27-7-5-4-6-14-15-8-13(2)19(26)10-20(15)28-22-17(14)11-29-21(22)9-16-18(24(29)31)12-33-25(32)23(16)30/h4,6,8-10,23,27,30H,3,5,7,11-12H2,1-2H3/b6-4+/t23-/m0/s1. The van der Waals surface area contributed by atoms with Crippen LogP contribution in [0.25, 0.3) is 28.4 Å². The SMILES string of the molecule is CCNCC/C=C/c1c2c(nc3cc(F)c(C)cc13)-c1cc3c(c(=O)n1C2)COC(=O)[C@H]3O. The van der Waals surface area contributed by atoms with Crippen molar-refractivity contribution in [2.24, 2.45) is 0 Å². The van der Waals surface area contributed by atoms with Crippen molar-refractivity contribution in [3.63, 3.8) is 0 Å². The van der Waals surface area contributed by atoms with Crippen LogP contribution in [0.1, 0.15) is 47.3 Å². The Hall–Kier alpha value is -3.36. The van der Waals surface area contributed by atoms with Crippen LogP contribution in [0.15, 0.2) is 29.1 Å². The summed E-state index contributed by atoms with van der Waals surface area (Å²) in [6.45, 7) is 5.62. The third-order valence-corrected chi connectivity index (χ3v) is 6.30. The molecule has 1 aromatic carbocycles. The first-order chi connectivity index (χ1) is 15.9. The molecule has 0 aliphatic carbocycles. The van der Waals surface area contributed by atoms with Crippen molar-refractivity contribution in [3.05, 3.63) is 68.3 Å². The molecule has 5 rings (SSSR count). The second-order valence-corrected chi connectivity index (χ2v) is 8.38. The summed E-state index contributed by atoms with van der Waals surface area (Å²) in [4.78, 5) is 29.8. The summed E-state index contributed by atoms with van der Waals surface area (Å²) in [6.07, 6.45) is 3.38. The molecule has 33 heavy (non-hydrogen) atoms.